The fourth-order valence-electron chi connectivity index (χ4n) is 2.07. The van der Waals surface area contributed by atoms with Crippen molar-refractivity contribution in [3.05, 3.63) is 40.5 Å². The van der Waals surface area contributed by atoms with Crippen LogP contribution in [0, 0.1) is 0 Å². The van der Waals surface area contributed by atoms with Crippen molar-refractivity contribution < 1.29 is 8.94 Å². The summed E-state index contributed by atoms with van der Waals surface area (Å²) in [6.07, 6.45) is 2.24. The third kappa shape index (κ3) is 1.40. The lowest BCUT2D eigenvalue weighted by atomic mass is 10.2. The first kappa shape index (κ1) is 10.8. The van der Waals surface area contributed by atoms with E-state index in [4.69, 9.17) is 8.94 Å². The highest BCUT2D eigenvalue weighted by atomic mass is 16.5. The van der Waals surface area contributed by atoms with E-state index < -0.39 is 0 Å². The molecule has 3 aromatic rings. The van der Waals surface area contributed by atoms with E-state index in [2.05, 4.69) is 5.16 Å². The Kier molecular flexibility index (Phi) is 2.33. The highest BCUT2D eigenvalue weighted by Crippen LogP contribution is 2.23. The molecule has 18 heavy (non-hydrogen) atoms. The molecule has 0 N–H and O–H groups in total. The molecule has 5 nitrogen and oxygen atoms in total. The lowest BCUT2D eigenvalue weighted by Crippen LogP contribution is -2.18. The average molecular weight is 244 g/mol. The van der Waals surface area contributed by atoms with Gasteiger partial charge in [-0.2, -0.15) is 0 Å². The minimum atomic E-state index is -0.114. The van der Waals surface area contributed by atoms with Crippen LogP contribution in [-0.2, 0) is 13.5 Å². The van der Waals surface area contributed by atoms with E-state index in [1.54, 1.807) is 36.1 Å². The molecule has 5 heteroatoms. The van der Waals surface area contributed by atoms with Crippen molar-refractivity contribution in [3.8, 4) is 11.5 Å². The molecule has 0 atom stereocenters. The van der Waals surface area contributed by atoms with Gasteiger partial charge >= 0.3 is 0 Å². The second kappa shape index (κ2) is 3.87. The molecule has 3 aromatic heterocycles. The maximum absolute atomic E-state index is 12.3. The number of furan rings is 1. The van der Waals surface area contributed by atoms with Crippen LogP contribution in [0.5, 0.6) is 0 Å². The van der Waals surface area contributed by atoms with E-state index in [1.807, 2.05) is 6.92 Å². The summed E-state index contributed by atoms with van der Waals surface area (Å²) in [6.45, 7) is 1.94. The minimum Gasteiger partial charge on any atom is -0.463 e. The van der Waals surface area contributed by atoms with Crippen LogP contribution in [0.1, 0.15) is 12.6 Å². The molecule has 0 aliphatic carbocycles. The van der Waals surface area contributed by atoms with E-state index >= 15 is 0 Å². The molecule has 3 heterocycles. The van der Waals surface area contributed by atoms with Crippen molar-refractivity contribution in [2.45, 2.75) is 13.3 Å². The quantitative estimate of drug-likeness (QED) is 0.694. The van der Waals surface area contributed by atoms with Gasteiger partial charge in [0.15, 0.2) is 5.58 Å². The minimum absolute atomic E-state index is 0.114. The summed E-state index contributed by atoms with van der Waals surface area (Å²) in [5, 5.41) is 4.47. The molecule has 0 fully saturated rings. The molecule has 0 aliphatic rings. The van der Waals surface area contributed by atoms with Crippen LogP contribution in [0.25, 0.3) is 22.4 Å². The van der Waals surface area contributed by atoms with Crippen molar-refractivity contribution in [2.24, 2.45) is 7.05 Å². The predicted molar refractivity (Wildman–Crippen MR) is 66.3 cm³/mol. The molecule has 0 bridgehead atoms. The topological polar surface area (TPSA) is 61.2 Å². The maximum Gasteiger partial charge on any atom is 0.264 e. The zero-order chi connectivity index (χ0) is 12.7. The van der Waals surface area contributed by atoms with Crippen molar-refractivity contribution >= 4 is 11.0 Å². The molecule has 0 amide bonds. The zero-order valence-electron chi connectivity index (χ0n) is 10.1. The first-order valence-electron chi connectivity index (χ1n) is 5.74. The van der Waals surface area contributed by atoms with Crippen LogP contribution in [0.4, 0.5) is 0 Å². The molecule has 0 spiro atoms. The van der Waals surface area contributed by atoms with Crippen molar-refractivity contribution in [1.29, 1.82) is 0 Å². The SMILES string of the molecule is CCc1noc2cc(-c3ccco3)n(C)c(=O)c12. The largest absolute Gasteiger partial charge is 0.463 e. The van der Waals surface area contributed by atoms with Gasteiger partial charge < -0.3 is 13.5 Å². The van der Waals surface area contributed by atoms with Crippen molar-refractivity contribution in [1.82, 2.24) is 9.72 Å². The van der Waals surface area contributed by atoms with Crippen molar-refractivity contribution in [3.63, 3.8) is 0 Å². The summed E-state index contributed by atoms with van der Waals surface area (Å²) in [6, 6.07) is 5.36. The molecule has 0 radical (unpaired) electrons. The highest BCUT2D eigenvalue weighted by Gasteiger charge is 2.16. The Labute approximate surface area is 103 Å². The van der Waals surface area contributed by atoms with Gasteiger partial charge in [0.1, 0.15) is 11.1 Å². The number of rotatable bonds is 2. The third-order valence-electron chi connectivity index (χ3n) is 3.05. The smallest absolute Gasteiger partial charge is 0.264 e. The van der Waals surface area contributed by atoms with Gasteiger partial charge in [0.05, 0.1) is 17.7 Å². The van der Waals surface area contributed by atoms with E-state index in [0.717, 1.165) is 0 Å². The van der Waals surface area contributed by atoms with Gasteiger partial charge in [-0.1, -0.05) is 12.1 Å². The number of hydrogen-bond acceptors (Lipinski definition) is 4. The molecule has 0 aliphatic heterocycles. The van der Waals surface area contributed by atoms with E-state index in [1.165, 1.54) is 0 Å². The summed E-state index contributed by atoms with van der Waals surface area (Å²) in [5.74, 6) is 0.631. The average Bonchev–Trinajstić information content (AvgIpc) is 3.01. The lowest BCUT2D eigenvalue weighted by molar-refractivity contribution is 0.447. The van der Waals surface area contributed by atoms with Crippen LogP contribution in [0.3, 0.4) is 0 Å². The fourth-order valence-corrected chi connectivity index (χ4v) is 2.07. The summed E-state index contributed by atoms with van der Waals surface area (Å²) in [4.78, 5) is 12.3. The monoisotopic (exact) mass is 244 g/mol. The molecule has 0 saturated carbocycles. The highest BCUT2D eigenvalue weighted by molar-refractivity contribution is 5.81. The lowest BCUT2D eigenvalue weighted by Gasteiger charge is -2.04. The van der Waals surface area contributed by atoms with Gasteiger partial charge in [-0.15, -0.1) is 0 Å². The number of pyridine rings is 1. The summed E-state index contributed by atoms with van der Waals surface area (Å²) >= 11 is 0. The van der Waals surface area contributed by atoms with E-state index in [9.17, 15) is 4.79 Å². The molecule has 92 valence electrons. The van der Waals surface area contributed by atoms with Crippen LogP contribution in [-0.4, -0.2) is 9.72 Å². The maximum atomic E-state index is 12.3. The van der Waals surface area contributed by atoms with Gasteiger partial charge in [-0.3, -0.25) is 4.79 Å². The van der Waals surface area contributed by atoms with Gasteiger partial charge in [-0.25, -0.2) is 0 Å². The number of aromatic nitrogens is 2. The number of hydrogen-bond donors (Lipinski definition) is 0. The van der Waals surface area contributed by atoms with Gasteiger partial charge in [-0.05, 0) is 18.6 Å². The summed E-state index contributed by atoms with van der Waals surface area (Å²) in [7, 11) is 1.71. The predicted octanol–water partition coefficient (Wildman–Crippen LogP) is 2.35. The van der Waals surface area contributed by atoms with Gasteiger partial charge in [0.25, 0.3) is 5.56 Å². The van der Waals surface area contributed by atoms with Crippen LogP contribution in [0.2, 0.25) is 0 Å². The third-order valence-corrected chi connectivity index (χ3v) is 3.05. The van der Waals surface area contributed by atoms with Gasteiger partial charge in [0, 0.05) is 13.1 Å². The molecular weight excluding hydrogens is 232 g/mol. The second-order valence-corrected chi connectivity index (χ2v) is 4.09. The standard InChI is InChI=1S/C13H12N2O3/c1-3-8-12-11(18-14-8)7-9(15(2)13(12)16)10-5-4-6-17-10/h4-7H,3H2,1-2H3. The van der Waals surface area contributed by atoms with Crippen molar-refractivity contribution in [2.75, 3.05) is 0 Å². The Morgan fingerprint density at radius 2 is 2.28 bits per heavy atom. The Hall–Kier alpha value is -2.30. The molecule has 0 aromatic carbocycles. The number of aryl methyl sites for hydroxylation is 1. The van der Waals surface area contributed by atoms with E-state index in [-0.39, 0.29) is 5.56 Å². The number of nitrogens with zero attached hydrogens (tertiary/aromatic N) is 2. The number of fused-ring (bicyclic) bond motifs is 1. The first-order chi connectivity index (χ1) is 8.72. The van der Waals surface area contributed by atoms with E-state index in [0.29, 0.717) is 34.5 Å². The van der Waals surface area contributed by atoms with Gasteiger partial charge in [0.2, 0.25) is 0 Å². The molecular formula is C13H12N2O3. The first-order valence-corrected chi connectivity index (χ1v) is 5.74. The zero-order valence-corrected chi connectivity index (χ0v) is 10.1. The van der Waals surface area contributed by atoms with Crippen LogP contribution < -0.4 is 5.56 Å². The molecule has 0 saturated heterocycles. The fraction of sp³-hybridized carbons (Fsp3) is 0.231. The summed E-state index contributed by atoms with van der Waals surface area (Å²) in [5.41, 5.74) is 1.76. The molecule has 3 rings (SSSR count). The Morgan fingerprint density at radius 3 is 2.94 bits per heavy atom. The Bertz CT molecular complexity index is 750. The van der Waals surface area contributed by atoms with Crippen LogP contribution >= 0.6 is 0 Å². The van der Waals surface area contributed by atoms with Crippen LogP contribution in [0.15, 0.2) is 38.2 Å². The Balaban J connectivity index is 2.38. The normalized spacial score (nSPS) is 11.2. The second-order valence-electron chi connectivity index (χ2n) is 4.09. The Morgan fingerprint density at radius 1 is 1.44 bits per heavy atom. The summed E-state index contributed by atoms with van der Waals surface area (Å²) < 4.78 is 12.1. The molecule has 0 unspecified atom stereocenters.